The van der Waals surface area contributed by atoms with Crippen molar-refractivity contribution in [3.63, 3.8) is 0 Å². The zero-order valence-electron chi connectivity index (χ0n) is 20.5. The minimum Gasteiger partial charge on any atom is -0.376 e. The number of fused-ring (bicyclic) bond motifs is 5. The summed E-state index contributed by atoms with van der Waals surface area (Å²) in [6, 6.07) is 1.45. The van der Waals surface area contributed by atoms with E-state index >= 15 is 0 Å². The summed E-state index contributed by atoms with van der Waals surface area (Å²) in [5.41, 5.74) is 2.40. The Morgan fingerprint density at radius 1 is 0.897 bits per heavy atom. The summed E-state index contributed by atoms with van der Waals surface area (Å²) >= 11 is 0. The summed E-state index contributed by atoms with van der Waals surface area (Å²) in [5, 5.41) is 0. The molecule has 9 unspecified atom stereocenters. The number of allylic oxidation sites excluding steroid dienone is 1. The van der Waals surface area contributed by atoms with Crippen LogP contribution in [0.1, 0.15) is 85.5 Å². The van der Waals surface area contributed by atoms with Crippen molar-refractivity contribution in [2.45, 2.75) is 97.6 Å². The third kappa shape index (κ3) is 3.31. The topological polar surface area (TPSA) is 6.48 Å². The van der Waals surface area contributed by atoms with Gasteiger partial charge in [0.1, 0.15) is 0 Å². The summed E-state index contributed by atoms with van der Waals surface area (Å²) in [6.07, 6.45) is 13.3. The molecule has 4 aliphatic rings. The van der Waals surface area contributed by atoms with Crippen LogP contribution in [0, 0.1) is 40.4 Å². The van der Waals surface area contributed by atoms with Gasteiger partial charge in [-0.2, -0.15) is 0 Å². The first kappa shape index (κ1) is 21.7. The molecule has 0 radical (unpaired) electrons. The molecule has 0 saturated heterocycles. The van der Waals surface area contributed by atoms with Gasteiger partial charge in [0.05, 0.1) is 0 Å². The number of nitrogens with zero attached hydrogens (tertiary/aromatic N) is 2. The lowest BCUT2D eigenvalue weighted by atomic mass is 9.44. The maximum absolute atomic E-state index is 4.24. The van der Waals surface area contributed by atoms with Crippen LogP contribution in [0.15, 0.2) is 12.3 Å². The lowest BCUT2D eigenvalue weighted by Crippen LogP contribution is -2.55. The largest absolute Gasteiger partial charge is 0.376 e. The van der Waals surface area contributed by atoms with Crippen LogP contribution in [0.5, 0.6) is 0 Å². The predicted octanol–water partition coefficient (Wildman–Crippen LogP) is 6.43. The molecule has 4 rings (SSSR count). The van der Waals surface area contributed by atoms with Crippen LogP contribution in [0.25, 0.3) is 0 Å². The van der Waals surface area contributed by atoms with Gasteiger partial charge in [0, 0.05) is 24.8 Å². The molecule has 4 aliphatic carbocycles. The third-order valence-corrected chi connectivity index (χ3v) is 11.2. The molecule has 0 aromatic carbocycles. The Hall–Kier alpha value is -0.500. The minimum atomic E-state index is 0.550. The van der Waals surface area contributed by atoms with Crippen molar-refractivity contribution >= 4 is 0 Å². The molecule has 166 valence electrons. The highest BCUT2D eigenvalue weighted by Gasteiger charge is 2.60. The molecule has 2 heteroatoms. The highest BCUT2D eigenvalue weighted by molar-refractivity contribution is 5.11. The lowest BCUT2D eigenvalue weighted by Gasteiger charge is -2.62. The quantitative estimate of drug-likeness (QED) is 0.536. The molecular formula is C27H48N2. The standard InChI is InChI=1S/C27H48N2/c1-18(2)29(8)19(3)23-11-12-24-22-10-9-20-17-21(28(6)7)13-15-26(20,4)25(22)14-16-27(23,24)5/h19-25H,1,9-17H2,2-8H3. The average Bonchev–Trinajstić information content (AvgIpc) is 3.03. The van der Waals surface area contributed by atoms with Crippen molar-refractivity contribution < 1.29 is 0 Å². The Morgan fingerprint density at radius 2 is 1.55 bits per heavy atom. The second kappa shape index (κ2) is 7.57. The van der Waals surface area contributed by atoms with E-state index < -0.39 is 0 Å². The predicted molar refractivity (Wildman–Crippen MR) is 125 cm³/mol. The molecule has 9 atom stereocenters. The molecule has 0 N–H and O–H groups in total. The van der Waals surface area contributed by atoms with Gasteiger partial charge in [0.2, 0.25) is 0 Å². The van der Waals surface area contributed by atoms with E-state index in [-0.39, 0.29) is 0 Å². The van der Waals surface area contributed by atoms with Crippen LogP contribution in [-0.2, 0) is 0 Å². The minimum absolute atomic E-state index is 0.550. The van der Waals surface area contributed by atoms with Gasteiger partial charge in [-0.15, -0.1) is 0 Å². The summed E-state index contributed by atoms with van der Waals surface area (Å²) in [5.74, 6) is 4.77. The van der Waals surface area contributed by atoms with E-state index in [9.17, 15) is 0 Å². The normalized spacial score (nSPS) is 47.9. The second-order valence-corrected chi connectivity index (χ2v) is 12.4. The first-order valence-corrected chi connectivity index (χ1v) is 12.6. The van der Waals surface area contributed by atoms with Crippen molar-refractivity contribution in [2.75, 3.05) is 21.1 Å². The highest BCUT2D eigenvalue weighted by atomic mass is 15.1. The lowest BCUT2D eigenvalue weighted by molar-refractivity contribution is -0.122. The fourth-order valence-corrected chi connectivity index (χ4v) is 9.16. The van der Waals surface area contributed by atoms with E-state index in [0.29, 0.717) is 16.9 Å². The van der Waals surface area contributed by atoms with Gasteiger partial charge in [0.25, 0.3) is 0 Å². The molecule has 29 heavy (non-hydrogen) atoms. The molecule has 0 heterocycles. The molecule has 2 nitrogen and oxygen atoms in total. The van der Waals surface area contributed by atoms with Gasteiger partial charge in [-0.25, -0.2) is 0 Å². The molecule has 0 bridgehead atoms. The molecule has 4 saturated carbocycles. The smallest absolute Gasteiger partial charge is 0.0288 e. The van der Waals surface area contributed by atoms with E-state index in [1.54, 1.807) is 0 Å². The van der Waals surface area contributed by atoms with Crippen LogP contribution in [0.4, 0.5) is 0 Å². The van der Waals surface area contributed by atoms with Gasteiger partial charge in [0.15, 0.2) is 0 Å². The van der Waals surface area contributed by atoms with Crippen LogP contribution in [0.3, 0.4) is 0 Å². The summed E-state index contributed by atoms with van der Waals surface area (Å²) in [7, 11) is 6.87. The summed E-state index contributed by atoms with van der Waals surface area (Å²) in [6.45, 7) is 14.3. The zero-order valence-corrected chi connectivity index (χ0v) is 20.5. The zero-order chi connectivity index (χ0) is 21.1. The van der Waals surface area contributed by atoms with Crippen LogP contribution in [0.2, 0.25) is 0 Å². The molecule has 0 aromatic heterocycles. The van der Waals surface area contributed by atoms with E-state index in [2.05, 4.69) is 65.2 Å². The molecular weight excluding hydrogens is 352 g/mol. The molecule has 0 spiro atoms. The number of rotatable bonds is 4. The van der Waals surface area contributed by atoms with E-state index in [4.69, 9.17) is 0 Å². The van der Waals surface area contributed by atoms with E-state index in [1.165, 1.54) is 63.5 Å². The van der Waals surface area contributed by atoms with Gasteiger partial charge >= 0.3 is 0 Å². The Bertz CT molecular complexity index is 626. The van der Waals surface area contributed by atoms with Crippen molar-refractivity contribution in [1.29, 1.82) is 0 Å². The van der Waals surface area contributed by atoms with E-state index in [1.807, 2.05) is 0 Å². The molecule has 0 aromatic rings. The Morgan fingerprint density at radius 3 is 2.21 bits per heavy atom. The molecule has 0 amide bonds. The molecule has 4 fully saturated rings. The van der Waals surface area contributed by atoms with Gasteiger partial charge in [-0.05, 0) is 126 Å². The van der Waals surface area contributed by atoms with Crippen LogP contribution < -0.4 is 0 Å². The van der Waals surface area contributed by atoms with Gasteiger partial charge in [-0.1, -0.05) is 20.4 Å². The summed E-state index contributed by atoms with van der Waals surface area (Å²) < 4.78 is 0. The third-order valence-electron chi connectivity index (χ3n) is 11.2. The first-order valence-electron chi connectivity index (χ1n) is 12.6. The number of hydrogen-bond donors (Lipinski definition) is 0. The Balaban J connectivity index is 1.53. The Labute approximate surface area is 181 Å². The van der Waals surface area contributed by atoms with Gasteiger partial charge in [-0.3, -0.25) is 0 Å². The van der Waals surface area contributed by atoms with Crippen molar-refractivity contribution in [2.24, 2.45) is 40.4 Å². The fourth-order valence-electron chi connectivity index (χ4n) is 9.16. The molecule has 0 aliphatic heterocycles. The Kier molecular flexibility index (Phi) is 5.67. The SMILES string of the molecule is C=C(C)N(C)C(C)C1CCC2C3CCC4CC(N(C)C)CCC4(C)C3CCC21C. The van der Waals surface area contributed by atoms with E-state index in [0.717, 1.165) is 35.6 Å². The van der Waals surface area contributed by atoms with Gasteiger partial charge < -0.3 is 9.80 Å². The monoisotopic (exact) mass is 400 g/mol. The van der Waals surface area contributed by atoms with Crippen LogP contribution >= 0.6 is 0 Å². The first-order chi connectivity index (χ1) is 13.6. The maximum atomic E-state index is 4.24. The van der Waals surface area contributed by atoms with Crippen LogP contribution in [-0.4, -0.2) is 43.0 Å². The van der Waals surface area contributed by atoms with Crippen molar-refractivity contribution in [3.8, 4) is 0 Å². The average molecular weight is 401 g/mol. The van der Waals surface area contributed by atoms with Crippen molar-refractivity contribution in [1.82, 2.24) is 9.80 Å². The van der Waals surface area contributed by atoms with Crippen molar-refractivity contribution in [3.05, 3.63) is 12.3 Å². The summed E-state index contributed by atoms with van der Waals surface area (Å²) in [4.78, 5) is 4.97. The highest BCUT2D eigenvalue weighted by Crippen LogP contribution is 2.68. The maximum Gasteiger partial charge on any atom is 0.0288 e. The second-order valence-electron chi connectivity index (χ2n) is 12.4. The fraction of sp³-hybridized carbons (Fsp3) is 0.926. The number of hydrogen-bond acceptors (Lipinski definition) is 2.